The number of benzene rings is 2. The number of hydrogen-bond acceptors (Lipinski definition) is 7. The van der Waals surface area contributed by atoms with E-state index < -0.39 is 27.9 Å². The fourth-order valence-electron chi connectivity index (χ4n) is 7.05. The third-order valence-electron chi connectivity index (χ3n) is 9.57. The number of anilines is 1. The summed E-state index contributed by atoms with van der Waals surface area (Å²) in [5.74, 6) is -1.81. The first-order chi connectivity index (χ1) is 23.2. The maximum atomic E-state index is 12.2. The molecule has 0 aromatic heterocycles. The molecule has 1 fully saturated rings. The van der Waals surface area contributed by atoms with E-state index in [9.17, 15) is 27.4 Å². The molecule has 3 aliphatic rings. The van der Waals surface area contributed by atoms with Gasteiger partial charge in [-0.15, -0.1) is 5.06 Å². The Kier molecular flexibility index (Phi) is 10.7. The van der Waals surface area contributed by atoms with Crippen LogP contribution in [0.4, 0.5) is 11.4 Å². The highest BCUT2D eigenvalue weighted by Crippen LogP contribution is 2.47. The SMILES string of the molecule is CC1(C)C(/C=C/C=C/C=C2/N(CCCCCC(=O)ON3C(=O)CCC3=O)c3ccccc3C2(C)C)=[N+](CCCS(=O)(=O)O)c2ccccc21. The molecular formula is C38H46N3O7S+. The molecule has 11 heteroatoms. The van der Waals surface area contributed by atoms with Crippen LogP contribution in [0.5, 0.6) is 0 Å². The van der Waals surface area contributed by atoms with Gasteiger partial charge in [-0.25, -0.2) is 4.79 Å². The van der Waals surface area contributed by atoms with Gasteiger partial charge < -0.3 is 9.74 Å². The Morgan fingerprint density at radius 3 is 2.27 bits per heavy atom. The van der Waals surface area contributed by atoms with Crippen LogP contribution < -0.4 is 4.90 Å². The number of nitrogens with zero attached hydrogens (tertiary/aromatic N) is 3. The maximum Gasteiger partial charge on any atom is 0.333 e. The zero-order valence-electron chi connectivity index (χ0n) is 28.7. The van der Waals surface area contributed by atoms with Gasteiger partial charge in [0, 0.05) is 66.7 Å². The molecule has 260 valence electrons. The lowest BCUT2D eigenvalue weighted by atomic mass is 9.81. The fourth-order valence-corrected chi connectivity index (χ4v) is 7.54. The Hall–Kier alpha value is -4.35. The summed E-state index contributed by atoms with van der Waals surface area (Å²) in [6.07, 6.45) is 13.1. The smallest absolute Gasteiger partial charge is 0.333 e. The van der Waals surface area contributed by atoms with Gasteiger partial charge in [0.1, 0.15) is 6.54 Å². The summed E-state index contributed by atoms with van der Waals surface area (Å²) >= 11 is 0. The molecule has 49 heavy (non-hydrogen) atoms. The van der Waals surface area contributed by atoms with E-state index in [1.807, 2.05) is 42.5 Å². The average molecular weight is 689 g/mol. The summed E-state index contributed by atoms with van der Waals surface area (Å²) in [4.78, 5) is 43.0. The molecule has 0 unspecified atom stereocenters. The van der Waals surface area contributed by atoms with Crippen molar-refractivity contribution in [1.29, 1.82) is 0 Å². The summed E-state index contributed by atoms with van der Waals surface area (Å²) in [7, 11) is -4.04. The molecule has 2 amide bonds. The van der Waals surface area contributed by atoms with Gasteiger partial charge in [-0.05, 0) is 44.4 Å². The van der Waals surface area contributed by atoms with Gasteiger partial charge in [-0.1, -0.05) is 74.9 Å². The molecule has 3 aliphatic heterocycles. The molecule has 5 rings (SSSR count). The van der Waals surface area contributed by atoms with E-state index >= 15 is 0 Å². The number of imide groups is 1. The molecule has 0 atom stereocenters. The third-order valence-corrected chi connectivity index (χ3v) is 10.4. The highest BCUT2D eigenvalue weighted by Gasteiger charge is 2.44. The lowest BCUT2D eigenvalue weighted by molar-refractivity contribution is -0.437. The van der Waals surface area contributed by atoms with Crippen molar-refractivity contribution in [2.24, 2.45) is 0 Å². The zero-order chi connectivity index (χ0) is 35.4. The highest BCUT2D eigenvalue weighted by atomic mass is 32.2. The summed E-state index contributed by atoms with van der Waals surface area (Å²) in [5, 5.41) is 0.599. The predicted octanol–water partition coefficient (Wildman–Crippen LogP) is 6.30. The molecule has 2 aromatic rings. The Morgan fingerprint density at radius 2 is 1.55 bits per heavy atom. The second-order valence-electron chi connectivity index (χ2n) is 13.8. The molecule has 0 spiro atoms. The summed E-state index contributed by atoms with van der Waals surface area (Å²) < 4.78 is 34.2. The minimum absolute atomic E-state index is 0.0775. The number of carbonyl (C=O) groups is 3. The van der Waals surface area contributed by atoms with Crippen molar-refractivity contribution in [2.75, 3.05) is 23.7 Å². The molecule has 3 heterocycles. The zero-order valence-corrected chi connectivity index (χ0v) is 29.5. The van der Waals surface area contributed by atoms with E-state index in [4.69, 9.17) is 4.84 Å². The topological polar surface area (TPSA) is 124 Å². The Balaban J connectivity index is 1.27. The van der Waals surface area contributed by atoms with Crippen LogP contribution in [0.2, 0.25) is 0 Å². The van der Waals surface area contributed by atoms with Gasteiger partial charge in [0.25, 0.3) is 21.9 Å². The van der Waals surface area contributed by atoms with E-state index in [0.717, 1.165) is 42.2 Å². The lowest BCUT2D eigenvalue weighted by Gasteiger charge is -2.27. The summed E-state index contributed by atoms with van der Waals surface area (Å²) in [6.45, 7) is 9.99. The van der Waals surface area contributed by atoms with Crippen LogP contribution in [0.3, 0.4) is 0 Å². The largest absolute Gasteiger partial charge is 0.344 e. The number of amides is 2. The number of fused-ring (bicyclic) bond motifs is 2. The van der Waals surface area contributed by atoms with Gasteiger partial charge in [0.05, 0.1) is 11.2 Å². The van der Waals surface area contributed by atoms with Crippen molar-refractivity contribution in [1.82, 2.24) is 5.06 Å². The van der Waals surface area contributed by atoms with Gasteiger partial charge in [-0.3, -0.25) is 14.1 Å². The standard InChI is InChI=1S/C38H45N3O7S/c1-37(2)28-16-10-12-18-30(28)39(25-14-6-9-22-36(44)48-41-34(42)23-24-35(41)43)32(37)20-7-5-8-21-33-38(3,4)29-17-11-13-19-31(29)40(33)26-15-27-49(45,46)47/h5,7-8,10-13,16-21H,6,9,14-15,22-27H2,1-4H3/p+1. The molecule has 0 saturated carbocycles. The van der Waals surface area contributed by atoms with Crippen molar-refractivity contribution in [2.45, 2.75) is 83.5 Å². The number of hydroxylamine groups is 2. The van der Waals surface area contributed by atoms with E-state index in [1.54, 1.807) is 0 Å². The highest BCUT2D eigenvalue weighted by molar-refractivity contribution is 7.85. The van der Waals surface area contributed by atoms with Crippen LogP contribution in [0, 0.1) is 0 Å². The number of unbranched alkanes of at least 4 members (excludes halogenated alkanes) is 2. The molecule has 2 aromatic carbocycles. The van der Waals surface area contributed by atoms with Gasteiger partial charge in [-0.2, -0.15) is 13.0 Å². The van der Waals surface area contributed by atoms with Crippen LogP contribution >= 0.6 is 0 Å². The summed E-state index contributed by atoms with van der Waals surface area (Å²) in [5.41, 5.74) is 6.33. The first-order valence-electron chi connectivity index (χ1n) is 16.9. The van der Waals surface area contributed by atoms with Crippen molar-refractivity contribution >= 4 is 45.0 Å². The van der Waals surface area contributed by atoms with E-state index in [1.165, 1.54) is 11.1 Å². The van der Waals surface area contributed by atoms with Gasteiger partial charge in [0.2, 0.25) is 5.69 Å². The quantitative estimate of drug-likeness (QED) is 0.0807. The lowest BCUT2D eigenvalue weighted by Crippen LogP contribution is -2.32. The minimum Gasteiger partial charge on any atom is -0.344 e. The molecular weight excluding hydrogens is 642 g/mol. The number of allylic oxidation sites excluding steroid dienone is 6. The number of para-hydroxylation sites is 2. The van der Waals surface area contributed by atoms with E-state index in [2.05, 4.69) is 73.6 Å². The van der Waals surface area contributed by atoms with Crippen molar-refractivity contribution in [3.8, 4) is 0 Å². The monoisotopic (exact) mass is 688 g/mol. The molecule has 1 saturated heterocycles. The first-order valence-corrected chi connectivity index (χ1v) is 18.5. The van der Waals surface area contributed by atoms with Crippen LogP contribution in [-0.4, -0.2) is 64.9 Å². The predicted molar refractivity (Wildman–Crippen MR) is 189 cm³/mol. The normalized spacial score (nSPS) is 19.2. The van der Waals surface area contributed by atoms with E-state index in [-0.39, 0.29) is 35.8 Å². The number of rotatable bonds is 14. The van der Waals surface area contributed by atoms with Crippen LogP contribution in [0.25, 0.3) is 0 Å². The molecule has 0 radical (unpaired) electrons. The van der Waals surface area contributed by atoms with Crippen LogP contribution in [-0.2, 0) is 40.2 Å². The second-order valence-corrected chi connectivity index (χ2v) is 15.3. The first kappa shape index (κ1) is 35.9. The van der Waals surface area contributed by atoms with E-state index in [0.29, 0.717) is 24.4 Å². The van der Waals surface area contributed by atoms with Crippen molar-refractivity contribution in [3.05, 3.63) is 95.7 Å². The Morgan fingerprint density at radius 1 is 0.878 bits per heavy atom. The van der Waals surface area contributed by atoms with Gasteiger partial charge >= 0.3 is 5.97 Å². The Bertz CT molecular complexity index is 1840. The summed E-state index contributed by atoms with van der Waals surface area (Å²) in [6, 6.07) is 16.5. The number of hydrogen-bond donors (Lipinski definition) is 1. The van der Waals surface area contributed by atoms with Crippen LogP contribution in [0.1, 0.15) is 83.8 Å². The minimum atomic E-state index is -4.04. The number of carbonyl (C=O) groups excluding carboxylic acids is 3. The third kappa shape index (κ3) is 7.94. The molecule has 0 aliphatic carbocycles. The molecule has 10 nitrogen and oxygen atoms in total. The maximum absolute atomic E-state index is 12.2. The molecule has 0 bridgehead atoms. The van der Waals surface area contributed by atoms with Crippen molar-refractivity contribution < 1.29 is 36.8 Å². The average Bonchev–Trinajstić information content (AvgIpc) is 3.56. The van der Waals surface area contributed by atoms with Gasteiger partial charge in [0.15, 0.2) is 5.71 Å². The van der Waals surface area contributed by atoms with Crippen LogP contribution in [0.15, 0.2) is 84.6 Å². The fraction of sp³-hybridized carbons (Fsp3) is 0.421. The molecule has 1 N–H and O–H groups in total. The van der Waals surface area contributed by atoms with Crippen molar-refractivity contribution in [3.63, 3.8) is 0 Å². The Labute approximate surface area is 289 Å². The second kappa shape index (κ2) is 14.6.